The van der Waals surface area contributed by atoms with Crippen molar-refractivity contribution in [3.63, 3.8) is 0 Å². The molecule has 0 bridgehead atoms. The summed E-state index contributed by atoms with van der Waals surface area (Å²) >= 11 is 0. The van der Waals surface area contributed by atoms with Gasteiger partial charge in [-0.15, -0.1) is 0 Å². The van der Waals surface area contributed by atoms with Gasteiger partial charge < -0.3 is 14.0 Å². The molecule has 0 amide bonds. The molecule has 0 N–H and O–H groups in total. The molecule has 0 spiro atoms. The van der Waals surface area contributed by atoms with Gasteiger partial charge in [0.05, 0.1) is 23.3 Å². The lowest BCUT2D eigenvalue weighted by molar-refractivity contribution is -0.131. The molecule has 0 aliphatic rings. The van der Waals surface area contributed by atoms with E-state index >= 15 is 0 Å². The zero-order chi connectivity index (χ0) is 14.0. The summed E-state index contributed by atoms with van der Waals surface area (Å²) in [5.41, 5.74) is 1.21. The maximum Gasteiger partial charge on any atom is 0.338 e. The van der Waals surface area contributed by atoms with Crippen molar-refractivity contribution in [2.75, 3.05) is 6.61 Å². The summed E-state index contributed by atoms with van der Waals surface area (Å²) in [6.07, 6.45) is 0. The Morgan fingerprint density at radius 3 is 2.74 bits per heavy atom. The number of rotatable bonds is 3. The molecule has 2 rings (SSSR count). The van der Waals surface area contributed by atoms with Crippen molar-refractivity contribution in [1.82, 2.24) is 5.16 Å². The van der Waals surface area contributed by atoms with Crippen LogP contribution in [0.4, 0.5) is 0 Å². The number of ether oxygens (including phenoxy) is 2. The van der Waals surface area contributed by atoms with Gasteiger partial charge in [0.2, 0.25) is 0 Å². The van der Waals surface area contributed by atoms with Crippen LogP contribution in [0.15, 0.2) is 16.7 Å². The summed E-state index contributed by atoms with van der Waals surface area (Å²) in [6, 6.07) is 2.96. The summed E-state index contributed by atoms with van der Waals surface area (Å²) in [5.74, 6) is -0.749. The standard InChI is InChI=1S/C13H13NO5/c1-4-17-13(16)9-5-10(18-8(3)15)12-7(2)14-19-11(12)6-9/h5-6H,4H2,1-3H3. The molecule has 0 atom stereocenters. The Labute approximate surface area is 109 Å². The van der Waals surface area contributed by atoms with Gasteiger partial charge in [0.15, 0.2) is 5.58 Å². The number of nitrogens with zero attached hydrogens (tertiary/aromatic N) is 1. The van der Waals surface area contributed by atoms with Gasteiger partial charge in [0.25, 0.3) is 0 Å². The van der Waals surface area contributed by atoms with Crippen molar-refractivity contribution in [3.05, 3.63) is 23.4 Å². The average molecular weight is 263 g/mol. The first-order valence-corrected chi connectivity index (χ1v) is 5.78. The normalized spacial score (nSPS) is 10.5. The largest absolute Gasteiger partial charge is 0.462 e. The van der Waals surface area contributed by atoms with Crippen molar-refractivity contribution in [1.29, 1.82) is 0 Å². The zero-order valence-electron chi connectivity index (χ0n) is 10.9. The Hall–Kier alpha value is -2.37. The van der Waals surface area contributed by atoms with Gasteiger partial charge in [-0.25, -0.2) is 4.79 Å². The summed E-state index contributed by atoms with van der Waals surface area (Å²) in [5, 5.41) is 4.36. The average Bonchev–Trinajstić information content (AvgIpc) is 2.71. The highest BCUT2D eigenvalue weighted by Gasteiger charge is 2.18. The van der Waals surface area contributed by atoms with Crippen LogP contribution in [-0.4, -0.2) is 23.7 Å². The summed E-state index contributed by atoms with van der Waals surface area (Å²) in [7, 11) is 0. The molecule has 0 aliphatic carbocycles. The van der Waals surface area contributed by atoms with E-state index in [9.17, 15) is 9.59 Å². The van der Waals surface area contributed by atoms with Crippen LogP contribution < -0.4 is 4.74 Å². The molecule has 0 saturated heterocycles. The first-order chi connectivity index (χ1) is 9.02. The number of hydrogen-bond acceptors (Lipinski definition) is 6. The molecule has 100 valence electrons. The number of carbonyl (C=O) groups excluding carboxylic acids is 2. The molecule has 0 radical (unpaired) electrons. The second-order valence-corrected chi connectivity index (χ2v) is 3.93. The molecule has 6 heteroatoms. The monoisotopic (exact) mass is 263 g/mol. The Bertz CT molecular complexity index is 644. The van der Waals surface area contributed by atoms with Gasteiger partial charge in [0, 0.05) is 6.92 Å². The van der Waals surface area contributed by atoms with Gasteiger partial charge in [-0.1, -0.05) is 5.16 Å². The quantitative estimate of drug-likeness (QED) is 0.624. The SMILES string of the molecule is CCOC(=O)c1cc(OC(C)=O)c2c(C)noc2c1. The van der Waals surface area contributed by atoms with Crippen LogP contribution in [0.5, 0.6) is 5.75 Å². The van der Waals surface area contributed by atoms with Crippen LogP contribution in [0.25, 0.3) is 11.0 Å². The molecular weight excluding hydrogens is 250 g/mol. The second-order valence-electron chi connectivity index (χ2n) is 3.93. The van der Waals surface area contributed by atoms with Crippen LogP contribution in [-0.2, 0) is 9.53 Å². The van der Waals surface area contributed by atoms with E-state index in [0.717, 1.165) is 0 Å². The number of aromatic nitrogens is 1. The van der Waals surface area contributed by atoms with Gasteiger partial charge in [0.1, 0.15) is 5.75 Å². The van der Waals surface area contributed by atoms with E-state index in [1.807, 2.05) is 0 Å². The molecule has 2 aromatic rings. The Morgan fingerprint density at radius 1 is 1.37 bits per heavy atom. The number of carbonyl (C=O) groups is 2. The molecular formula is C13H13NO5. The van der Waals surface area contributed by atoms with Crippen molar-refractivity contribution in [2.24, 2.45) is 0 Å². The number of benzene rings is 1. The van der Waals surface area contributed by atoms with Gasteiger partial charge in [-0.2, -0.15) is 0 Å². The molecule has 0 aliphatic heterocycles. The van der Waals surface area contributed by atoms with E-state index in [1.165, 1.54) is 19.1 Å². The molecule has 0 fully saturated rings. The maximum atomic E-state index is 11.7. The van der Waals surface area contributed by atoms with Crippen LogP contribution in [0.1, 0.15) is 29.9 Å². The first-order valence-electron chi connectivity index (χ1n) is 5.78. The van der Waals surface area contributed by atoms with E-state index in [0.29, 0.717) is 16.7 Å². The van der Waals surface area contributed by atoms with Crippen molar-refractivity contribution < 1.29 is 23.6 Å². The van der Waals surface area contributed by atoms with Crippen LogP contribution >= 0.6 is 0 Å². The lowest BCUT2D eigenvalue weighted by atomic mass is 10.1. The highest BCUT2D eigenvalue weighted by Crippen LogP contribution is 2.30. The third-order valence-corrected chi connectivity index (χ3v) is 2.47. The summed E-state index contributed by atoms with van der Waals surface area (Å²) in [4.78, 5) is 22.8. The highest BCUT2D eigenvalue weighted by molar-refractivity contribution is 5.98. The minimum absolute atomic E-state index is 0.242. The lowest BCUT2D eigenvalue weighted by Gasteiger charge is -2.06. The van der Waals surface area contributed by atoms with Crippen LogP contribution in [0.3, 0.4) is 0 Å². The van der Waals surface area contributed by atoms with E-state index in [2.05, 4.69) is 5.16 Å². The predicted molar refractivity (Wildman–Crippen MR) is 66.0 cm³/mol. The number of fused-ring (bicyclic) bond motifs is 1. The molecule has 1 heterocycles. The van der Waals surface area contributed by atoms with Gasteiger partial charge in [-0.05, 0) is 26.0 Å². The van der Waals surface area contributed by atoms with Crippen molar-refractivity contribution in [2.45, 2.75) is 20.8 Å². The highest BCUT2D eigenvalue weighted by atomic mass is 16.5. The second kappa shape index (κ2) is 5.09. The van der Waals surface area contributed by atoms with Crippen LogP contribution in [0, 0.1) is 6.92 Å². The Balaban J connectivity index is 2.57. The van der Waals surface area contributed by atoms with Crippen molar-refractivity contribution >= 4 is 22.9 Å². The van der Waals surface area contributed by atoms with E-state index in [4.69, 9.17) is 14.0 Å². The third-order valence-electron chi connectivity index (χ3n) is 2.47. The minimum Gasteiger partial charge on any atom is -0.462 e. The predicted octanol–water partition coefficient (Wildman–Crippen LogP) is 2.24. The lowest BCUT2D eigenvalue weighted by Crippen LogP contribution is -2.07. The van der Waals surface area contributed by atoms with E-state index in [1.54, 1.807) is 13.8 Å². The fraction of sp³-hybridized carbons (Fsp3) is 0.308. The van der Waals surface area contributed by atoms with E-state index in [-0.39, 0.29) is 17.9 Å². The Morgan fingerprint density at radius 2 is 2.11 bits per heavy atom. The molecule has 0 saturated carbocycles. The number of esters is 2. The molecule has 0 unspecified atom stereocenters. The molecule has 1 aromatic heterocycles. The number of aryl methyl sites for hydroxylation is 1. The molecule has 6 nitrogen and oxygen atoms in total. The maximum absolute atomic E-state index is 11.7. The zero-order valence-corrected chi connectivity index (χ0v) is 10.9. The fourth-order valence-electron chi connectivity index (χ4n) is 1.75. The fourth-order valence-corrected chi connectivity index (χ4v) is 1.75. The van der Waals surface area contributed by atoms with Crippen LogP contribution in [0.2, 0.25) is 0 Å². The smallest absolute Gasteiger partial charge is 0.338 e. The molecule has 1 aromatic carbocycles. The van der Waals surface area contributed by atoms with E-state index < -0.39 is 11.9 Å². The summed E-state index contributed by atoms with van der Waals surface area (Å²) in [6.45, 7) is 4.98. The molecule has 19 heavy (non-hydrogen) atoms. The third kappa shape index (κ3) is 2.57. The number of hydrogen-bond donors (Lipinski definition) is 0. The van der Waals surface area contributed by atoms with Gasteiger partial charge in [-0.3, -0.25) is 4.79 Å². The topological polar surface area (TPSA) is 78.6 Å². The first kappa shape index (κ1) is 13.1. The Kier molecular flexibility index (Phi) is 3.50. The van der Waals surface area contributed by atoms with Gasteiger partial charge >= 0.3 is 11.9 Å². The minimum atomic E-state index is -0.508. The van der Waals surface area contributed by atoms with Crippen molar-refractivity contribution in [3.8, 4) is 5.75 Å². The summed E-state index contributed by atoms with van der Waals surface area (Å²) < 4.78 is 15.1.